The average molecular weight is 441 g/mol. The van der Waals surface area contributed by atoms with Crippen LogP contribution in [0.25, 0.3) is 0 Å². The highest BCUT2D eigenvalue weighted by atomic mass is 16.1. The molecule has 1 aromatic heterocycles. The first-order chi connectivity index (χ1) is 15.6. The fraction of sp³-hybridized carbons (Fsp3) is 0.720. The Morgan fingerprint density at radius 1 is 1.19 bits per heavy atom. The largest absolute Gasteiger partial charge is 0.369 e. The second-order valence-corrected chi connectivity index (χ2v) is 10.0. The minimum atomic E-state index is -0.205. The van der Waals surface area contributed by atoms with Crippen molar-refractivity contribution in [3.63, 3.8) is 0 Å². The lowest BCUT2D eigenvalue weighted by atomic mass is 9.74. The standard InChI is InChI=1S/C25H40N6O/c1-27-24(31-16-8-13-25(19-31)11-4-2-3-5-12-25)29-17-20-9-6-14-28-23(20)30-15-7-10-21(18-30)22(26)32/h6,9,14,21H,2-5,7-8,10-13,15-19H2,1H3,(H2,26,32)(H,27,29). The Balaban J connectivity index is 1.42. The number of primary amides is 1. The van der Waals surface area contributed by atoms with E-state index in [1.54, 1.807) is 0 Å². The number of aliphatic imine (C=N–C) groups is 1. The number of carbonyl (C=O) groups excluding carboxylic acids is 1. The van der Waals surface area contributed by atoms with Crippen LogP contribution in [0.2, 0.25) is 0 Å². The number of likely N-dealkylation sites (tertiary alicyclic amines) is 1. The molecule has 7 heteroatoms. The quantitative estimate of drug-likeness (QED) is 0.554. The van der Waals surface area contributed by atoms with Crippen LogP contribution in [0.15, 0.2) is 23.3 Å². The Kier molecular flexibility index (Phi) is 7.53. The second-order valence-electron chi connectivity index (χ2n) is 10.0. The van der Waals surface area contributed by atoms with Crippen LogP contribution in [-0.2, 0) is 11.3 Å². The van der Waals surface area contributed by atoms with Crippen LogP contribution in [0.1, 0.15) is 69.8 Å². The zero-order valence-corrected chi connectivity index (χ0v) is 19.7. The number of anilines is 1. The van der Waals surface area contributed by atoms with E-state index < -0.39 is 0 Å². The van der Waals surface area contributed by atoms with Gasteiger partial charge in [0.15, 0.2) is 5.96 Å². The molecule has 1 spiro atoms. The SMILES string of the molecule is CN=C(NCc1cccnc1N1CCCC(C(N)=O)C1)N1CCCC2(CCCCCC2)C1. The molecule has 3 aliphatic rings. The maximum Gasteiger partial charge on any atom is 0.222 e. The number of rotatable bonds is 4. The molecule has 0 bridgehead atoms. The topological polar surface area (TPSA) is 86.9 Å². The zero-order valence-electron chi connectivity index (χ0n) is 19.7. The van der Waals surface area contributed by atoms with Crippen molar-refractivity contribution >= 4 is 17.7 Å². The number of piperidine rings is 2. The van der Waals surface area contributed by atoms with Crippen molar-refractivity contribution in [2.24, 2.45) is 22.1 Å². The van der Waals surface area contributed by atoms with E-state index in [0.29, 0.717) is 18.5 Å². The van der Waals surface area contributed by atoms with Crippen molar-refractivity contribution in [3.05, 3.63) is 23.9 Å². The number of aromatic nitrogens is 1. The number of nitrogens with zero attached hydrogens (tertiary/aromatic N) is 4. The van der Waals surface area contributed by atoms with Gasteiger partial charge in [-0.05, 0) is 50.0 Å². The number of guanidine groups is 1. The molecule has 176 valence electrons. The summed E-state index contributed by atoms with van der Waals surface area (Å²) in [6, 6.07) is 4.11. The van der Waals surface area contributed by atoms with Crippen molar-refractivity contribution in [1.82, 2.24) is 15.2 Å². The van der Waals surface area contributed by atoms with Gasteiger partial charge in [-0.2, -0.15) is 0 Å². The zero-order chi connectivity index (χ0) is 22.4. The molecule has 1 aromatic rings. The van der Waals surface area contributed by atoms with E-state index in [-0.39, 0.29) is 11.8 Å². The van der Waals surface area contributed by atoms with Crippen LogP contribution in [0.3, 0.4) is 0 Å². The molecule has 1 saturated carbocycles. The maximum absolute atomic E-state index is 11.7. The van der Waals surface area contributed by atoms with Crippen molar-refractivity contribution in [2.75, 3.05) is 38.1 Å². The third-order valence-corrected chi connectivity index (χ3v) is 7.76. The monoisotopic (exact) mass is 440 g/mol. The number of pyridine rings is 1. The van der Waals surface area contributed by atoms with Gasteiger partial charge in [0, 0.05) is 51.5 Å². The predicted octanol–water partition coefficient (Wildman–Crippen LogP) is 3.30. The van der Waals surface area contributed by atoms with E-state index >= 15 is 0 Å². The van der Waals surface area contributed by atoms with Crippen LogP contribution >= 0.6 is 0 Å². The number of amides is 1. The highest BCUT2D eigenvalue weighted by Crippen LogP contribution is 2.42. The number of nitrogens with one attached hydrogen (secondary N) is 1. The fourth-order valence-electron chi connectivity index (χ4n) is 6.04. The lowest BCUT2D eigenvalue weighted by molar-refractivity contribution is -0.122. The smallest absolute Gasteiger partial charge is 0.222 e. The summed E-state index contributed by atoms with van der Waals surface area (Å²) in [4.78, 5) is 25.8. The van der Waals surface area contributed by atoms with Gasteiger partial charge in [-0.1, -0.05) is 31.7 Å². The van der Waals surface area contributed by atoms with Gasteiger partial charge in [-0.3, -0.25) is 9.79 Å². The van der Waals surface area contributed by atoms with Crippen LogP contribution in [-0.4, -0.2) is 55.0 Å². The summed E-state index contributed by atoms with van der Waals surface area (Å²) in [7, 11) is 1.89. The molecule has 1 unspecified atom stereocenters. The summed E-state index contributed by atoms with van der Waals surface area (Å²) in [6.45, 7) is 4.45. The van der Waals surface area contributed by atoms with Gasteiger partial charge in [0.2, 0.25) is 5.91 Å². The molecule has 1 atom stereocenters. The number of hydrogen-bond donors (Lipinski definition) is 2. The first-order valence-electron chi connectivity index (χ1n) is 12.5. The lowest BCUT2D eigenvalue weighted by Crippen LogP contribution is -2.50. The Bertz CT molecular complexity index is 801. The molecule has 1 aliphatic carbocycles. The Morgan fingerprint density at radius 2 is 1.97 bits per heavy atom. The Morgan fingerprint density at radius 3 is 2.72 bits per heavy atom. The second kappa shape index (κ2) is 10.5. The minimum absolute atomic E-state index is 0.0940. The van der Waals surface area contributed by atoms with E-state index in [2.05, 4.69) is 31.2 Å². The summed E-state index contributed by atoms with van der Waals surface area (Å²) in [6.07, 6.45) is 14.6. The fourth-order valence-corrected chi connectivity index (χ4v) is 6.04. The van der Waals surface area contributed by atoms with Crippen molar-refractivity contribution in [1.29, 1.82) is 0 Å². The van der Waals surface area contributed by atoms with Crippen LogP contribution in [0, 0.1) is 11.3 Å². The van der Waals surface area contributed by atoms with Crippen molar-refractivity contribution in [3.8, 4) is 0 Å². The highest BCUT2D eigenvalue weighted by molar-refractivity contribution is 5.80. The third-order valence-electron chi connectivity index (χ3n) is 7.76. The van der Waals surface area contributed by atoms with E-state index in [4.69, 9.17) is 5.73 Å². The molecule has 0 radical (unpaired) electrons. The van der Waals surface area contributed by atoms with Crippen LogP contribution in [0.4, 0.5) is 5.82 Å². The average Bonchev–Trinajstić information content (AvgIpc) is 3.05. The van der Waals surface area contributed by atoms with Crippen LogP contribution in [0.5, 0.6) is 0 Å². The van der Waals surface area contributed by atoms with Gasteiger partial charge >= 0.3 is 0 Å². The first-order valence-corrected chi connectivity index (χ1v) is 12.5. The number of carbonyl (C=O) groups is 1. The van der Waals surface area contributed by atoms with Gasteiger partial charge < -0.3 is 20.9 Å². The molecule has 3 heterocycles. The molecular formula is C25H40N6O. The van der Waals surface area contributed by atoms with Crippen molar-refractivity contribution in [2.45, 2.75) is 70.8 Å². The molecule has 2 aliphatic heterocycles. The van der Waals surface area contributed by atoms with E-state index in [0.717, 1.165) is 49.8 Å². The third kappa shape index (κ3) is 5.36. The summed E-state index contributed by atoms with van der Waals surface area (Å²) in [5.74, 6) is 1.66. The molecule has 2 saturated heterocycles. The van der Waals surface area contributed by atoms with Crippen LogP contribution < -0.4 is 16.0 Å². The van der Waals surface area contributed by atoms with Gasteiger partial charge in [0.25, 0.3) is 0 Å². The molecule has 3 N–H and O–H groups in total. The normalized spacial score (nSPS) is 24.3. The molecule has 0 aromatic carbocycles. The highest BCUT2D eigenvalue weighted by Gasteiger charge is 2.36. The van der Waals surface area contributed by atoms with E-state index in [1.165, 1.54) is 51.4 Å². The summed E-state index contributed by atoms with van der Waals surface area (Å²) < 4.78 is 0. The van der Waals surface area contributed by atoms with Crippen molar-refractivity contribution < 1.29 is 4.79 Å². The molecule has 4 rings (SSSR count). The van der Waals surface area contributed by atoms with E-state index in [9.17, 15) is 4.79 Å². The summed E-state index contributed by atoms with van der Waals surface area (Å²) in [5, 5.41) is 3.62. The van der Waals surface area contributed by atoms with E-state index in [1.807, 2.05) is 19.3 Å². The van der Waals surface area contributed by atoms with Gasteiger partial charge in [-0.15, -0.1) is 0 Å². The molecule has 3 fully saturated rings. The molecular weight excluding hydrogens is 400 g/mol. The summed E-state index contributed by atoms with van der Waals surface area (Å²) >= 11 is 0. The first kappa shape index (κ1) is 22.9. The molecule has 32 heavy (non-hydrogen) atoms. The number of hydrogen-bond acceptors (Lipinski definition) is 4. The van der Waals surface area contributed by atoms with Gasteiger partial charge in [0.05, 0.1) is 5.92 Å². The number of nitrogens with two attached hydrogens (primary N) is 1. The molecule has 1 amide bonds. The maximum atomic E-state index is 11.7. The Labute approximate surface area is 192 Å². The summed E-state index contributed by atoms with van der Waals surface area (Å²) in [5.41, 5.74) is 7.21. The lowest BCUT2D eigenvalue weighted by Gasteiger charge is -2.44. The Hall–Kier alpha value is -2.31. The van der Waals surface area contributed by atoms with Gasteiger partial charge in [-0.25, -0.2) is 4.98 Å². The van der Waals surface area contributed by atoms with Gasteiger partial charge in [0.1, 0.15) is 5.82 Å². The molecule has 7 nitrogen and oxygen atoms in total. The predicted molar refractivity (Wildman–Crippen MR) is 130 cm³/mol. The minimum Gasteiger partial charge on any atom is -0.369 e.